The Morgan fingerprint density at radius 3 is 2.24 bits per heavy atom. The van der Waals surface area contributed by atoms with E-state index >= 15 is 0 Å². The summed E-state index contributed by atoms with van der Waals surface area (Å²) in [7, 11) is -2.22. The maximum absolute atomic E-state index is 12.8. The standard InChI is InChI=1S/C16H19ClN2O5S/c1-24-14-3-2-12(10-13(14)17)25(22,23)18-8-6-11(7-9-18)19-15(20)4-5-16(19)21/h2-3,10-11H,4-9H2,1H3. The highest BCUT2D eigenvalue weighted by Crippen LogP contribution is 2.30. The number of methoxy groups -OCH3 is 1. The highest BCUT2D eigenvalue weighted by Gasteiger charge is 2.38. The van der Waals surface area contributed by atoms with Crippen LogP contribution in [0.4, 0.5) is 0 Å². The fraction of sp³-hybridized carbons (Fsp3) is 0.500. The van der Waals surface area contributed by atoms with Crippen LogP contribution < -0.4 is 4.74 Å². The third-order valence-electron chi connectivity index (χ3n) is 4.64. The monoisotopic (exact) mass is 386 g/mol. The summed E-state index contributed by atoms with van der Waals surface area (Å²) in [6, 6.07) is 4.13. The van der Waals surface area contributed by atoms with E-state index in [-0.39, 0.29) is 53.7 Å². The van der Waals surface area contributed by atoms with Crippen molar-refractivity contribution in [2.45, 2.75) is 36.6 Å². The zero-order valence-electron chi connectivity index (χ0n) is 13.8. The van der Waals surface area contributed by atoms with Gasteiger partial charge in [0.15, 0.2) is 0 Å². The zero-order valence-corrected chi connectivity index (χ0v) is 15.3. The van der Waals surface area contributed by atoms with Crippen LogP contribution in [0.3, 0.4) is 0 Å². The lowest BCUT2D eigenvalue weighted by atomic mass is 10.1. The first-order valence-corrected chi connectivity index (χ1v) is 9.85. The molecule has 0 radical (unpaired) electrons. The largest absolute Gasteiger partial charge is 0.495 e. The number of halogens is 1. The van der Waals surface area contributed by atoms with E-state index in [0.717, 1.165) is 0 Å². The number of nitrogens with zero attached hydrogens (tertiary/aromatic N) is 2. The van der Waals surface area contributed by atoms with Gasteiger partial charge in [-0.05, 0) is 31.0 Å². The van der Waals surface area contributed by atoms with E-state index in [4.69, 9.17) is 16.3 Å². The smallest absolute Gasteiger partial charge is 0.243 e. The predicted octanol–water partition coefficient (Wildman–Crippen LogP) is 1.65. The van der Waals surface area contributed by atoms with Crippen molar-refractivity contribution in [2.75, 3.05) is 20.2 Å². The first-order chi connectivity index (χ1) is 11.8. The molecule has 0 aromatic heterocycles. The maximum Gasteiger partial charge on any atom is 0.243 e. The Hall–Kier alpha value is -1.64. The van der Waals surface area contributed by atoms with Gasteiger partial charge in [0, 0.05) is 32.0 Å². The number of rotatable bonds is 4. The lowest BCUT2D eigenvalue weighted by molar-refractivity contribution is -0.141. The Kier molecular flexibility index (Phi) is 5.04. The minimum Gasteiger partial charge on any atom is -0.495 e. The molecule has 0 spiro atoms. The molecule has 9 heteroatoms. The van der Waals surface area contributed by atoms with Gasteiger partial charge < -0.3 is 4.74 Å². The van der Waals surface area contributed by atoms with Crippen molar-refractivity contribution in [3.63, 3.8) is 0 Å². The third kappa shape index (κ3) is 3.38. The van der Waals surface area contributed by atoms with Crippen molar-refractivity contribution < 1.29 is 22.7 Å². The Bertz CT molecular complexity index is 787. The van der Waals surface area contributed by atoms with Crippen LogP contribution in [0.5, 0.6) is 5.75 Å². The van der Waals surface area contributed by atoms with E-state index in [1.807, 2.05) is 0 Å². The van der Waals surface area contributed by atoms with Crippen molar-refractivity contribution in [1.29, 1.82) is 0 Å². The molecule has 2 heterocycles. The minimum absolute atomic E-state index is 0.102. The summed E-state index contributed by atoms with van der Waals surface area (Å²) >= 11 is 6.03. The van der Waals surface area contributed by atoms with E-state index in [1.54, 1.807) is 0 Å². The van der Waals surface area contributed by atoms with Gasteiger partial charge in [-0.1, -0.05) is 11.6 Å². The number of carbonyl (C=O) groups is 2. The molecule has 1 aromatic carbocycles. The van der Waals surface area contributed by atoms with E-state index in [1.165, 1.54) is 34.5 Å². The van der Waals surface area contributed by atoms with Gasteiger partial charge in [0.2, 0.25) is 21.8 Å². The van der Waals surface area contributed by atoms with Crippen LogP contribution in [0.25, 0.3) is 0 Å². The molecular weight excluding hydrogens is 368 g/mol. The van der Waals surface area contributed by atoms with Crippen molar-refractivity contribution in [1.82, 2.24) is 9.21 Å². The van der Waals surface area contributed by atoms with Gasteiger partial charge in [0.1, 0.15) is 5.75 Å². The molecule has 2 fully saturated rings. The second-order valence-corrected chi connectivity index (χ2v) is 8.43. The lowest BCUT2D eigenvalue weighted by Crippen LogP contribution is -2.48. The summed E-state index contributed by atoms with van der Waals surface area (Å²) in [4.78, 5) is 25.1. The van der Waals surface area contributed by atoms with Crippen LogP contribution in [0.1, 0.15) is 25.7 Å². The Morgan fingerprint density at radius 1 is 1.12 bits per heavy atom. The molecule has 0 aliphatic carbocycles. The fourth-order valence-electron chi connectivity index (χ4n) is 3.30. The first-order valence-electron chi connectivity index (χ1n) is 8.03. The van der Waals surface area contributed by atoms with Crippen LogP contribution in [0, 0.1) is 0 Å². The molecule has 0 atom stereocenters. The summed E-state index contributed by atoms with van der Waals surface area (Å²) in [5.41, 5.74) is 0. The third-order valence-corrected chi connectivity index (χ3v) is 6.83. The van der Waals surface area contributed by atoms with E-state index in [2.05, 4.69) is 0 Å². The molecule has 2 saturated heterocycles. The average molecular weight is 387 g/mol. The molecule has 0 saturated carbocycles. The number of sulfonamides is 1. The number of piperidine rings is 1. The Morgan fingerprint density at radius 2 is 1.72 bits per heavy atom. The topological polar surface area (TPSA) is 84.0 Å². The summed E-state index contributed by atoms with van der Waals surface area (Å²) in [6.45, 7) is 0.515. The number of hydrogen-bond donors (Lipinski definition) is 0. The summed E-state index contributed by atoms with van der Waals surface area (Å²) in [5.74, 6) is 0.0897. The van der Waals surface area contributed by atoms with E-state index in [0.29, 0.717) is 18.6 Å². The Labute approximate surface area is 151 Å². The second kappa shape index (κ2) is 6.93. The number of benzene rings is 1. The van der Waals surface area contributed by atoms with Crippen LogP contribution in [-0.2, 0) is 19.6 Å². The second-order valence-electron chi connectivity index (χ2n) is 6.09. The SMILES string of the molecule is COc1ccc(S(=O)(=O)N2CCC(N3C(=O)CCC3=O)CC2)cc1Cl. The Balaban J connectivity index is 1.72. The molecule has 25 heavy (non-hydrogen) atoms. The number of carbonyl (C=O) groups excluding carboxylic acids is 2. The molecule has 136 valence electrons. The van der Waals surface area contributed by atoms with Gasteiger partial charge in [0.05, 0.1) is 17.0 Å². The van der Waals surface area contributed by atoms with Gasteiger partial charge >= 0.3 is 0 Å². The van der Waals surface area contributed by atoms with Gasteiger partial charge in [0.25, 0.3) is 0 Å². The minimum atomic E-state index is -3.68. The first kappa shape index (κ1) is 18.2. The molecule has 2 aliphatic heterocycles. The van der Waals surface area contributed by atoms with E-state index < -0.39 is 10.0 Å². The highest BCUT2D eigenvalue weighted by atomic mass is 35.5. The van der Waals surface area contributed by atoms with Gasteiger partial charge in [-0.3, -0.25) is 14.5 Å². The van der Waals surface area contributed by atoms with Gasteiger partial charge in [-0.2, -0.15) is 4.31 Å². The molecule has 2 amide bonds. The zero-order chi connectivity index (χ0) is 18.2. The van der Waals surface area contributed by atoms with Crippen LogP contribution >= 0.6 is 11.6 Å². The maximum atomic E-state index is 12.8. The van der Waals surface area contributed by atoms with Crippen LogP contribution in [-0.4, -0.2) is 55.7 Å². The van der Waals surface area contributed by atoms with Crippen molar-refractivity contribution >= 4 is 33.4 Å². The molecule has 2 aliphatic rings. The molecule has 7 nitrogen and oxygen atoms in total. The summed E-state index contributed by atoms with van der Waals surface area (Å²) in [5, 5.41) is 0.228. The molecule has 0 N–H and O–H groups in total. The summed E-state index contributed by atoms with van der Waals surface area (Å²) < 4.78 is 32.0. The average Bonchev–Trinajstić information content (AvgIpc) is 2.93. The highest BCUT2D eigenvalue weighted by molar-refractivity contribution is 7.89. The fourth-order valence-corrected chi connectivity index (χ4v) is 5.12. The predicted molar refractivity (Wildman–Crippen MR) is 90.9 cm³/mol. The van der Waals surface area contributed by atoms with Gasteiger partial charge in [-0.15, -0.1) is 0 Å². The van der Waals surface area contributed by atoms with E-state index in [9.17, 15) is 18.0 Å². The molecule has 3 rings (SSSR count). The van der Waals surface area contributed by atoms with Crippen molar-refractivity contribution in [2.24, 2.45) is 0 Å². The molecule has 0 unspecified atom stereocenters. The number of likely N-dealkylation sites (tertiary alicyclic amines) is 1. The normalized spacial score (nSPS) is 20.3. The summed E-state index contributed by atoms with van der Waals surface area (Å²) in [6.07, 6.45) is 1.39. The van der Waals surface area contributed by atoms with Gasteiger partial charge in [-0.25, -0.2) is 8.42 Å². The number of ether oxygens (including phenoxy) is 1. The lowest BCUT2D eigenvalue weighted by Gasteiger charge is -2.35. The molecule has 0 bridgehead atoms. The molecule has 1 aromatic rings. The van der Waals surface area contributed by atoms with Crippen LogP contribution in [0.15, 0.2) is 23.1 Å². The number of amides is 2. The quantitative estimate of drug-likeness (QED) is 0.734. The molecular formula is C16H19ClN2O5S. The van der Waals surface area contributed by atoms with Crippen LogP contribution in [0.2, 0.25) is 5.02 Å². The number of imide groups is 1. The van der Waals surface area contributed by atoms with Crippen molar-refractivity contribution in [3.05, 3.63) is 23.2 Å². The number of hydrogen-bond acceptors (Lipinski definition) is 5. The van der Waals surface area contributed by atoms with Crippen molar-refractivity contribution in [3.8, 4) is 5.75 Å².